The minimum atomic E-state index is -0.151. The summed E-state index contributed by atoms with van der Waals surface area (Å²) >= 11 is 6.10. The van der Waals surface area contributed by atoms with E-state index in [1.54, 1.807) is 12.1 Å². The van der Waals surface area contributed by atoms with Crippen LogP contribution in [-0.4, -0.2) is 11.6 Å². The predicted molar refractivity (Wildman–Crippen MR) is 121 cm³/mol. The Labute approximate surface area is 173 Å². The lowest BCUT2D eigenvalue weighted by Gasteiger charge is -2.12. The van der Waals surface area contributed by atoms with Crippen molar-refractivity contribution >= 4 is 56.5 Å². The lowest BCUT2D eigenvalue weighted by atomic mass is 9.94. The van der Waals surface area contributed by atoms with Crippen LogP contribution >= 0.6 is 11.6 Å². The van der Waals surface area contributed by atoms with Crippen molar-refractivity contribution in [2.45, 2.75) is 6.92 Å². The fraction of sp³-hybridized carbons (Fsp3) is 0.0400. The summed E-state index contributed by atoms with van der Waals surface area (Å²) in [4.78, 5) is 13.2. The molecule has 4 aromatic carbocycles. The smallest absolute Gasteiger partial charge is 0.267 e. The first-order valence-corrected chi connectivity index (χ1v) is 9.77. The zero-order valence-corrected chi connectivity index (χ0v) is 16.5. The standard InChI is InChI=1S/C25H17ClN2O/c1-16-23(25(29)28(27-16)20-10-6-9-19(26)14-20)15-24-21-11-4-2-7-17(21)13-18-8-3-5-12-22(18)24/h2-15H,1H3/b23-15-. The Morgan fingerprint density at radius 3 is 2.17 bits per heavy atom. The van der Waals surface area contributed by atoms with Gasteiger partial charge in [0, 0.05) is 5.02 Å². The third-order valence-electron chi connectivity index (χ3n) is 5.22. The molecular weight excluding hydrogens is 380 g/mol. The summed E-state index contributed by atoms with van der Waals surface area (Å²) in [7, 11) is 0. The molecule has 5 rings (SSSR count). The Bertz CT molecular complexity index is 1300. The van der Waals surface area contributed by atoms with E-state index in [2.05, 4.69) is 35.4 Å². The zero-order chi connectivity index (χ0) is 20.0. The fourth-order valence-corrected chi connectivity index (χ4v) is 4.00. The van der Waals surface area contributed by atoms with Gasteiger partial charge in [-0.1, -0.05) is 66.2 Å². The number of benzene rings is 4. The Morgan fingerprint density at radius 2 is 1.52 bits per heavy atom. The molecule has 1 aliphatic heterocycles. The van der Waals surface area contributed by atoms with Crippen LogP contribution in [0.1, 0.15) is 12.5 Å². The van der Waals surface area contributed by atoms with Crippen molar-refractivity contribution in [3.8, 4) is 0 Å². The molecule has 140 valence electrons. The number of hydrazone groups is 1. The number of fused-ring (bicyclic) bond motifs is 2. The van der Waals surface area contributed by atoms with Crippen LogP contribution in [0.2, 0.25) is 5.02 Å². The summed E-state index contributed by atoms with van der Waals surface area (Å²) in [5.74, 6) is -0.151. The van der Waals surface area contributed by atoms with Crippen molar-refractivity contribution in [1.82, 2.24) is 0 Å². The van der Waals surface area contributed by atoms with Crippen LogP contribution in [0.4, 0.5) is 5.69 Å². The van der Waals surface area contributed by atoms with Crippen molar-refractivity contribution in [2.75, 3.05) is 5.01 Å². The normalized spacial score (nSPS) is 15.5. The number of carbonyl (C=O) groups excluding carboxylic acids is 1. The Balaban J connectivity index is 1.70. The molecule has 3 nitrogen and oxygen atoms in total. The summed E-state index contributed by atoms with van der Waals surface area (Å²) < 4.78 is 0. The monoisotopic (exact) mass is 396 g/mol. The van der Waals surface area contributed by atoms with Gasteiger partial charge in [0.15, 0.2) is 0 Å². The third kappa shape index (κ3) is 3.00. The first-order chi connectivity index (χ1) is 14.1. The number of amides is 1. The maximum absolute atomic E-state index is 13.2. The quantitative estimate of drug-likeness (QED) is 0.283. The summed E-state index contributed by atoms with van der Waals surface area (Å²) in [6.07, 6.45) is 1.97. The topological polar surface area (TPSA) is 32.7 Å². The van der Waals surface area contributed by atoms with E-state index in [9.17, 15) is 4.79 Å². The lowest BCUT2D eigenvalue weighted by molar-refractivity contribution is -0.114. The second-order valence-electron chi connectivity index (χ2n) is 7.07. The highest BCUT2D eigenvalue weighted by molar-refractivity contribution is 6.34. The van der Waals surface area contributed by atoms with E-state index < -0.39 is 0 Å². The number of halogens is 1. The molecule has 0 bridgehead atoms. The molecule has 0 saturated heterocycles. The minimum absolute atomic E-state index is 0.151. The van der Waals surface area contributed by atoms with Crippen LogP contribution in [0.15, 0.2) is 89.5 Å². The molecule has 1 amide bonds. The van der Waals surface area contributed by atoms with Crippen molar-refractivity contribution in [1.29, 1.82) is 0 Å². The van der Waals surface area contributed by atoms with Gasteiger partial charge in [0.25, 0.3) is 5.91 Å². The van der Waals surface area contributed by atoms with Gasteiger partial charge in [-0.2, -0.15) is 10.1 Å². The highest BCUT2D eigenvalue weighted by Crippen LogP contribution is 2.32. The van der Waals surface area contributed by atoms with Gasteiger partial charge in [0.2, 0.25) is 0 Å². The van der Waals surface area contributed by atoms with Crippen LogP contribution in [0, 0.1) is 0 Å². The highest BCUT2D eigenvalue weighted by Gasteiger charge is 2.29. The molecule has 0 saturated carbocycles. The molecule has 4 heteroatoms. The van der Waals surface area contributed by atoms with E-state index in [1.807, 2.05) is 49.4 Å². The number of rotatable bonds is 2. The average Bonchev–Trinajstić information content (AvgIpc) is 3.01. The molecule has 0 aliphatic carbocycles. The van der Waals surface area contributed by atoms with Crippen LogP contribution in [0.25, 0.3) is 27.6 Å². The van der Waals surface area contributed by atoms with Gasteiger partial charge < -0.3 is 0 Å². The van der Waals surface area contributed by atoms with E-state index in [0.29, 0.717) is 22.0 Å². The summed E-state index contributed by atoms with van der Waals surface area (Å²) in [5.41, 5.74) is 2.97. The van der Waals surface area contributed by atoms with Crippen LogP contribution < -0.4 is 5.01 Å². The van der Waals surface area contributed by atoms with Crippen molar-refractivity contribution in [2.24, 2.45) is 5.10 Å². The molecular formula is C25H17ClN2O. The number of nitrogens with zero attached hydrogens (tertiary/aromatic N) is 2. The first-order valence-electron chi connectivity index (χ1n) is 9.39. The van der Waals surface area contributed by atoms with Crippen molar-refractivity contribution in [3.63, 3.8) is 0 Å². The number of carbonyl (C=O) groups is 1. The summed E-state index contributed by atoms with van der Waals surface area (Å²) in [6, 6.07) is 25.8. The molecule has 0 fully saturated rings. The van der Waals surface area contributed by atoms with Crippen molar-refractivity contribution < 1.29 is 4.79 Å². The lowest BCUT2D eigenvalue weighted by Crippen LogP contribution is -2.21. The SMILES string of the molecule is CC1=NN(c2cccc(Cl)c2)C(=O)/C1=C\c1c2ccccc2cc2ccccc12. The van der Waals surface area contributed by atoms with Gasteiger partial charge in [-0.3, -0.25) is 4.79 Å². The predicted octanol–water partition coefficient (Wildman–Crippen LogP) is 6.45. The van der Waals surface area contributed by atoms with Gasteiger partial charge in [-0.05, 0) is 64.4 Å². The molecule has 0 spiro atoms. The number of hydrogen-bond donors (Lipinski definition) is 0. The zero-order valence-electron chi connectivity index (χ0n) is 15.8. The van der Waals surface area contributed by atoms with E-state index in [1.165, 1.54) is 5.01 Å². The maximum Gasteiger partial charge on any atom is 0.280 e. The van der Waals surface area contributed by atoms with Crippen LogP contribution in [-0.2, 0) is 4.79 Å². The number of hydrogen-bond acceptors (Lipinski definition) is 2. The highest BCUT2D eigenvalue weighted by atomic mass is 35.5. The van der Waals surface area contributed by atoms with Gasteiger partial charge in [0.05, 0.1) is 17.0 Å². The second-order valence-corrected chi connectivity index (χ2v) is 7.51. The molecule has 1 aliphatic rings. The van der Waals surface area contributed by atoms with Crippen molar-refractivity contribution in [3.05, 3.63) is 95.0 Å². The van der Waals surface area contributed by atoms with E-state index in [0.717, 1.165) is 27.1 Å². The molecule has 0 N–H and O–H groups in total. The van der Waals surface area contributed by atoms with Gasteiger partial charge in [-0.15, -0.1) is 0 Å². The van der Waals surface area contributed by atoms with Gasteiger partial charge >= 0.3 is 0 Å². The molecule has 0 radical (unpaired) electrons. The molecule has 0 unspecified atom stereocenters. The van der Waals surface area contributed by atoms with Gasteiger partial charge in [0.1, 0.15) is 0 Å². The molecule has 1 heterocycles. The summed E-state index contributed by atoms with van der Waals surface area (Å²) in [5, 5.41) is 11.0. The molecule has 0 aromatic heterocycles. The van der Waals surface area contributed by atoms with Gasteiger partial charge in [-0.25, -0.2) is 0 Å². The van der Waals surface area contributed by atoms with Crippen LogP contribution in [0.3, 0.4) is 0 Å². The maximum atomic E-state index is 13.2. The van der Waals surface area contributed by atoms with E-state index >= 15 is 0 Å². The average molecular weight is 397 g/mol. The van der Waals surface area contributed by atoms with E-state index in [4.69, 9.17) is 11.6 Å². The Kier molecular flexibility index (Phi) is 4.18. The minimum Gasteiger partial charge on any atom is -0.267 e. The summed E-state index contributed by atoms with van der Waals surface area (Å²) in [6.45, 7) is 1.86. The molecule has 29 heavy (non-hydrogen) atoms. The Hall–Kier alpha value is -3.43. The third-order valence-corrected chi connectivity index (χ3v) is 5.45. The van der Waals surface area contributed by atoms with Crippen LogP contribution in [0.5, 0.6) is 0 Å². The molecule has 4 aromatic rings. The first kappa shape index (κ1) is 17.7. The van der Waals surface area contributed by atoms with E-state index in [-0.39, 0.29) is 5.91 Å². The molecule has 0 atom stereocenters. The largest absolute Gasteiger partial charge is 0.280 e. The Morgan fingerprint density at radius 1 is 0.862 bits per heavy atom. The fourth-order valence-electron chi connectivity index (χ4n) is 3.82. The number of anilines is 1. The second kappa shape index (κ2) is 6.87.